The van der Waals surface area contributed by atoms with Gasteiger partial charge in [0.1, 0.15) is 0 Å². The first-order valence-corrected chi connectivity index (χ1v) is 5.82. The number of hydrogen-bond acceptors (Lipinski definition) is 4. The maximum atomic E-state index is 9.69. The summed E-state index contributed by atoms with van der Waals surface area (Å²) in [5.41, 5.74) is 1.85. The number of aromatic nitrogens is 3. The molecule has 2 N–H and O–H groups in total. The number of aliphatic hydroxyl groups is 1. The van der Waals surface area contributed by atoms with Crippen molar-refractivity contribution in [3.8, 4) is 0 Å². The zero-order valence-electron chi connectivity index (χ0n) is 10.4. The van der Waals surface area contributed by atoms with Crippen LogP contribution in [0.3, 0.4) is 0 Å². The van der Waals surface area contributed by atoms with Crippen LogP contribution < -0.4 is 5.32 Å². The number of hydrogen-bond donors (Lipinski definition) is 2. The summed E-state index contributed by atoms with van der Waals surface area (Å²) in [6.07, 6.45) is -0.386. The van der Waals surface area contributed by atoms with E-state index in [1.165, 1.54) is 0 Å². The Morgan fingerprint density at radius 3 is 2.82 bits per heavy atom. The Morgan fingerprint density at radius 1 is 1.41 bits per heavy atom. The molecular formula is C12H18N4O. The molecule has 0 spiro atoms. The molecule has 0 aliphatic heterocycles. The van der Waals surface area contributed by atoms with Gasteiger partial charge in [0, 0.05) is 12.2 Å². The van der Waals surface area contributed by atoms with Gasteiger partial charge in [-0.15, -0.1) is 5.10 Å². The molecule has 2 aromatic heterocycles. The molecule has 17 heavy (non-hydrogen) atoms. The fourth-order valence-corrected chi connectivity index (χ4v) is 1.54. The molecule has 0 saturated heterocycles. The minimum Gasteiger partial charge on any atom is -0.391 e. The van der Waals surface area contributed by atoms with E-state index in [-0.39, 0.29) is 12.0 Å². The highest BCUT2D eigenvalue weighted by atomic mass is 16.3. The van der Waals surface area contributed by atoms with Crippen LogP contribution in [0.2, 0.25) is 0 Å². The van der Waals surface area contributed by atoms with E-state index in [1.807, 2.05) is 39.0 Å². The second-order valence-corrected chi connectivity index (χ2v) is 4.56. The smallest absolute Gasteiger partial charge is 0.243 e. The van der Waals surface area contributed by atoms with Gasteiger partial charge in [-0.1, -0.05) is 19.9 Å². The molecule has 0 aliphatic rings. The Bertz CT molecular complexity index is 506. The number of fused-ring (bicyclic) bond motifs is 1. The number of pyridine rings is 1. The monoisotopic (exact) mass is 234 g/mol. The molecule has 0 saturated carbocycles. The first kappa shape index (κ1) is 11.9. The zero-order valence-corrected chi connectivity index (χ0v) is 10.4. The van der Waals surface area contributed by atoms with Gasteiger partial charge in [0.15, 0.2) is 5.65 Å². The van der Waals surface area contributed by atoms with Crippen LogP contribution in [0.15, 0.2) is 18.2 Å². The van der Waals surface area contributed by atoms with Crippen molar-refractivity contribution in [3.63, 3.8) is 0 Å². The number of nitrogens with zero attached hydrogens (tertiary/aromatic N) is 3. The Labute approximate surface area is 100 Å². The first-order valence-electron chi connectivity index (χ1n) is 5.82. The molecule has 0 aliphatic carbocycles. The normalized spacial score (nSPS) is 13.2. The highest BCUT2D eigenvalue weighted by Crippen LogP contribution is 2.09. The van der Waals surface area contributed by atoms with E-state index in [1.54, 1.807) is 4.52 Å². The molecule has 1 unspecified atom stereocenters. The Kier molecular flexibility index (Phi) is 3.28. The first-order chi connectivity index (χ1) is 8.08. The number of nitrogens with one attached hydrogen (secondary N) is 1. The van der Waals surface area contributed by atoms with Crippen LogP contribution in [0.5, 0.6) is 0 Å². The van der Waals surface area contributed by atoms with Crippen molar-refractivity contribution in [2.45, 2.75) is 26.9 Å². The molecule has 1 atom stereocenters. The minimum atomic E-state index is -0.386. The number of anilines is 1. The second-order valence-electron chi connectivity index (χ2n) is 4.56. The maximum absolute atomic E-state index is 9.69. The third-order valence-corrected chi connectivity index (χ3v) is 2.79. The average molecular weight is 234 g/mol. The molecule has 2 heterocycles. The van der Waals surface area contributed by atoms with E-state index in [0.717, 1.165) is 11.3 Å². The SMILES string of the molecule is Cc1cccc2nc(NCC(O)C(C)C)nn12. The molecule has 5 nitrogen and oxygen atoms in total. The van der Waals surface area contributed by atoms with E-state index in [2.05, 4.69) is 15.4 Å². The van der Waals surface area contributed by atoms with Gasteiger partial charge in [-0.25, -0.2) is 4.52 Å². The number of rotatable bonds is 4. The van der Waals surface area contributed by atoms with Crippen molar-refractivity contribution in [2.75, 3.05) is 11.9 Å². The van der Waals surface area contributed by atoms with E-state index in [0.29, 0.717) is 12.5 Å². The van der Waals surface area contributed by atoms with E-state index >= 15 is 0 Å². The summed E-state index contributed by atoms with van der Waals surface area (Å²) >= 11 is 0. The molecule has 0 bridgehead atoms. The molecule has 0 aromatic carbocycles. The standard InChI is InChI=1S/C12H18N4O/c1-8(2)10(17)7-13-12-14-11-6-4-5-9(3)16(11)15-12/h4-6,8,10,17H,7H2,1-3H3,(H,13,15). The van der Waals surface area contributed by atoms with Crippen LogP contribution in [-0.2, 0) is 0 Å². The molecule has 2 rings (SSSR count). The van der Waals surface area contributed by atoms with Gasteiger partial charge in [-0.3, -0.25) is 0 Å². The summed E-state index contributed by atoms with van der Waals surface area (Å²) in [5, 5.41) is 17.1. The van der Waals surface area contributed by atoms with E-state index in [9.17, 15) is 5.11 Å². The highest BCUT2D eigenvalue weighted by molar-refractivity contribution is 5.44. The van der Waals surface area contributed by atoms with Crippen LogP contribution in [0, 0.1) is 12.8 Å². The largest absolute Gasteiger partial charge is 0.391 e. The molecule has 92 valence electrons. The molecule has 0 amide bonds. The molecular weight excluding hydrogens is 216 g/mol. The third-order valence-electron chi connectivity index (χ3n) is 2.79. The lowest BCUT2D eigenvalue weighted by molar-refractivity contribution is 0.137. The lowest BCUT2D eigenvalue weighted by atomic mass is 10.1. The molecule has 0 fully saturated rings. The summed E-state index contributed by atoms with van der Waals surface area (Å²) in [7, 11) is 0. The molecule has 5 heteroatoms. The quantitative estimate of drug-likeness (QED) is 0.841. The summed E-state index contributed by atoms with van der Waals surface area (Å²) in [5.74, 6) is 0.778. The lowest BCUT2D eigenvalue weighted by Gasteiger charge is -2.13. The van der Waals surface area contributed by atoms with Crippen LogP contribution in [0.1, 0.15) is 19.5 Å². The van der Waals surface area contributed by atoms with Crippen LogP contribution in [0.4, 0.5) is 5.95 Å². The summed E-state index contributed by atoms with van der Waals surface area (Å²) in [6.45, 7) is 6.41. The van der Waals surface area contributed by atoms with Gasteiger partial charge in [-0.2, -0.15) is 4.98 Å². The minimum absolute atomic E-state index is 0.223. The van der Waals surface area contributed by atoms with Crippen LogP contribution in [-0.4, -0.2) is 32.4 Å². The van der Waals surface area contributed by atoms with Gasteiger partial charge < -0.3 is 10.4 Å². The van der Waals surface area contributed by atoms with Crippen molar-refractivity contribution in [3.05, 3.63) is 23.9 Å². The van der Waals surface area contributed by atoms with Crippen LogP contribution in [0.25, 0.3) is 5.65 Å². The molecule has 2 aromatic rings. The Hall–Kier alpha value is -1.62. The lowest BCUT2D eigenvalue weighted by Crippen LogP contribution is -2.25. The summed E-state index contributed by atoms with van der Waals surface area (Å²) < 4.78 is 1.78. The van der Waals surface area contributed by atoms with E-state index in [4.69, 9.17) is 0 Å². The van der Waals surface area contributed by atoms with Crippen molar-refractivity contribution in [1.82, 2.24) is 14.6 Å². The Balaban J connectivity index is 2.12. The second kappa shape index (κ2) is 4.71. The average Bonchev–Trinajstić information content (AvgIpc) is 2.70. The third kappa shape index (κ3) is 2.55. The summed E-state index contributed by atoms with van der Waals surface area (Å²) in [4.78, 5) is 4.33. The predicted molar refractivity (Wildman–Crippen MR) is 67.1 cm³/mol. The van der Waals surface area contributed by atoms with Crippen molar-refractivity contribution >= 4 is 11.6 Å². The van der Waals surface area contributed by atoms with E-state index < -0.39 is 0 Å². The van der Waals surface area contributed by atoms with Gasteiger partial charge in [0.05, 0.1) is 6.10 Å². The zero-order chi connectivity index (χ0) is 12.4. The number of aliphatic hydroxyl groups excluding tert-OH is 1. The molecule has 0 radical (unpaired) electrons. The predicted octanol–water partition coefficient (Wildman–Crippen LogP) is 1.47. The van der Waals surface area contributed by atoms with Crippen molar-refractivity contribution in [1.29, 1.82) is 0 Å². The maximum Gasteiger partial charge on any atom is 0.243 e. The fourth-order valence-electron chi connectivity index (χ4n) is 1.54. The Morgan fingerprint density at radius 2 is 2.18 bits per heavy atom. The highest BCUT2D eigenvalue weighted by Gasteiger charge is 2.10. The summed E-state index contributed by atoms with van der Waals surface area (Å²) in [6, 6.07) is 5.84. The van der Waals surface area contributed by atoms with Crippen molar-refractivity contribution < 1.29 is 5.11 Å². The van der Waals surface area contributed by atoms with Gasteiger partial charge in [-0.05, 0) is 25.0 Å². The van der Waals surface area contributed by atoms with Gasteiger partial charge in [0.25, 0.3) is 0 Å². The van der Waals surface area contributed by atoms with Crippen molar-refractivity contribution in [2.24, 2.45) is 5.92 Å². The number of aryl methyl sites for hydroxylation is 1. The van der Waals surface area contributed by atoms with Crippen LogP contribution >= 0.6 is 0 Å². The van der Waals surface area contributed by atoms with Gasteiger partial charge >= 0.3 is 0 Å². The fraction of sp³-hybridized carbons (Fsp3) is 0.500. The van der Waals surface area contributed by atoms with Gasteiger partial charge in [0.2, 0.25) is 5.95 Å². The topological polar surface area (TPSA) is 62.5 Å².